The number of nitrogens with one attached hydrogen (secondary N) is 1. The van der Waals surface area contributed by atoms with Crippen molar-refractivity contribution in [2.75, 3.05) is 12.3 Å². The zero-order valence-corrected chi connectivity index (χ0v) is 10.5. The first-order chi connectivity index (χ1) is 7.03. The number of aliphatic carboxylic acids is 1. The molecule has 0 unspecified atom stereocenters. The van der Waals surface area contributed by atoms with Crippen LogP contribution in [0.1, 0.15) is 27.2 Å². The number of rotatable bonds is 6. The van der Waals surface area contributed by atoms with Crippen molar-refractivity contribution >= 4 is 16.0 Å². The predicted octanol–water partition coefficient (Wildman–Crippen LogP) is -0.212. The van der Waals surface area contributed by atoms with Gasteiger partial charge in [0, 0.05) is 6.54 Å². The molecule has 6 nitrogen and oxygen atoms in total. The SMILES string of the molecule is CC(C)(C)CCS(=O)(=O)NC[C@H](O)C(=O)O. The molecule has 0 radical (unpaired) electrons. The average molecular weight is 253 g/mol. The molecule has 1 atom stereocenters. The van der Waals surface area contributed by atoms with E-state index in [2.05, 4.69) is 4.72 Å². The summed E-state index contributed by atoms with van der Waals surface area (Å²) in [4.78, 5) is 10.2. The number of aliphatic hydroxyl groups is 1. The molecule has 0 rings (SSSR count). The molecular weight excluding hydrogens is 234 g/mol. The molecule has 0 aliphatic carbocycles. The van der Waals surface area contributed by atoms with Crippen molar-refractivity contribution in [2.24, 2.45) is 5.41 Å². The second kappa shape index (κ2) is 5.60. The van der Waals surface area contributed by atoms with Crippen LogP contribution in [0.25, 0.3) is 0 Å². The molecule has 0 aromatic heterocycles. The molecule has 0 spiro atoms. The molecule has 0 heterocycles. The molecule has 0 aromatic rings. The molecule has 0 saturated heterocycles. The van der Waals surface area contributed by atoms with Crippen molar-refractivity contribution in [1.29, 1.82) is 0 Å². The van der Waals surface area contributed by atoms with Crippen molar-refractivity contribution in [1.82, 2.24) is 4.72 Å². The van der Waals surface area contributed by atoms with Crippen LogP contribution in [0.2, 0.25) is 0 Å². The maximum Gasteiger partial charge on any atom is 0.333 e. The fourth-order valence-electron chi connectivity index (χ4n) is 0.806. The van der Waals surface area contributed by atoms with Gasteiger partial charge < -0.3 is 10.2 Å². The zero-order chi connectivity index (χ0) is 13.0. The molecular formula is C9H19NO5S. The Morgan fingerprint density at radius 3 is 2.25 bits per heavy atom. The Bertz CT molecular complexity index is 330. The van der Waals surface area contributed by atoms with Gasteiger partial charge in [0.05, 0.1) is 5.75 Å². The van der Waals surface area contributed by atoms with Crippen LogP contribution in [0.4, 0.5) is 0 Å². The van der Waals surface area contributed by atoms with E-state index in [1.165, 1.54) is 0 Å². The van der Waals surface area contributed by atoms with Gasteiger partial charge in [-0.2, -0.15) is 0 Å². The Morgan fingerprint density at radius 1 is 1.38 bits per heavy atom. The summed E-state index contributed by atoms with van der Waals surface area (Å²) in [5, 5.41) is 17.2. The second-order valence-corrected chi connectivity index (χ2v) is 6.76. The normalized spacial score (nSPS) is 14.8. The molecule has 0 aliphatic rings. The van der Waals surface area contributed by atoms with Gasteiger partial charge in [0.25, 0.3) is 0 Å². The number of aliphatic hydroxyl groups excluding tert-OH is 1. The first kappa shape index (κ1) is 15.3. The maximum atomic E-state index is 11.4. The standard InChI is InChI=1S/C9H19NO5S/c1-9(2,3)4-5-16(14,15)10-6-7(11)8(12)13/h7,10-11H,4-6H2,1-3H3,(H,12,13)/t7-/m0/s1. The van der Waals surface area contributed by atoms with E-state index in [4.69, 9.17) is 10.2 Å². The Labute approximate surface area is 95.7 Å². The fraction of sp³-hybridized carbons (Fsp3) is 0.889. The second-order valence-electron chi connectivity index (χ2n) is 4.83. The van der Waals surface area contributed by atoms with Crippen LogP contribution in [0, 0.1) is 5.41 Å². The smallest absolute Gasteiger partial charge is 0.333 e. The van der Waals surface area contributed by atoms with E-state index in [9.17, 15) is 13.2 Å². The van der Waals surface area contributed by atoms with Gasteiger partial charge in [0.15, 0.2) is 6.10 Å². The summed E-state index contributed by atoms with van der Waals surface area (Å²) in [6.07, 6.45) is -1.24. The zero-order valence-electron chi connectivity index (χ0n) is 9.73. The lowest BCUT2D eigenvalue weighted by atomic mass is 9.94. The summed E-state index contributed by atoms with van der Waals surface area (Å²) >= 11 is 0. The lowest BCUT2D eigenvalue weighted by Gasteiger charge is -2.18. The van der Waals surface area contributed by atoms with Gasteiger partial charge in [-0.1, -0.05) is 20.8 Å². The molecule has 3 N–H and O–H groups in total. The predicted molar refractivity (Wildman–Crippen MR) is 59.5 cm³/mol. The number of carbonyl (C=O) groups is 1. The highest BCUT2D eigenvalue weighted by Crippen LogP contribution is 2.18. The highest BCUT2D eigenvalue weighted by atomic mass is 32.2. The van der Waals surface area contributed by atoms with Gasteiger partial charge in [0.2, 0.25) is 10.0 Å². The van der Waals surface area contributed by atoms with Crippen LogP contribution in [0.5, 0.6) is 0 Å². The van der Waals surface area contributed by atoms with Gasteiger partial charge in [-0.05, 0) is 11.8 Å². The van der Waals surface area contributed by atoms with Gasteiger partial charge in [-0.15, -0.1) is 0 Å². The van der Waals surface area contributed by atoms with Crippen LogP contribution < -0.4 is 4.72 Å². The van der Waals surface area contributed by atoms with Crippen LogP contribution >= 0.6 is 0 Å². The third-order valence-electron chi connectivity index (χ3n) is 1.90. The van der Waals surface area contributed by atoms with Crippen molar-refractivity contribution in [3.63, 3.8) is 0 Å². The first-order valence-corrected chi connectivity index (χ1v) is 6.57. The van der Waals surface area contributed by atoms with E-state index in [0.29, 0.717) is 6.42 Å². The Morgan fingerprint density at radius 2 is 1.88 bits per heavy atom. The Kier molecular flexibility index (Phi) is 5.37. The minimum absolute atomic E-state index is 0.0805. The quantitative estimate of drug-likeness (QED) is 0.607. The van der Waals surface area contributed by atoms with E-state index in [-0.39, 0.29) is 11.2 Å². The number of sulfonamides is 1. The van der Waals surface area contributed by atoms with Crippen LogP contribution in [0.3, 0.4) is 0 Å². The lowest BCUT2D eigenvalue weighted by Crippen LogP contribution is -2.38. The summed E-state index contributed by atoms with van der Waals surface area (Å²) in [7, 11) is -3.52. The summed E-state index contributed by atoms with van der Waals surface area (Å²) < 4.78 is 24.8. The monoisotopic (exact) mass is 253 g/mol. The minimum Gasteiger partial charge on any atom is -0.479 e. The van der Waals surface area contributed by atoms with Gasteiger partial charge >= 0.3 is 5.97 Å². The van der Waals surface area contributed by atoms with Gasteiger partial charge in [0.1, 0.15) is 0 Å². The third kappa shape index (κ3) is 7.61. The molecule has 0 aliphatic heterocycles. The number of carboxylic acids is 1. The number of hydrogen-bond acceptors (Lipinski definition) is 4. The molecule has 0 fully saturated rings. The minimum atomic E-state index is -3.52. The summed E-state index contributed by atoms with van der Waals surface area (Å²) in [6, 6.07) is 0. The van der Waals surface area contributed by atoms with Gasteiger partial charge in [-0.25, -0.2) is 17.9 Å². The highest BCUT2D eigenvalue weighted by Gasteiger charge is 2.20. The van der Waals surface area contributed by atoms with E-state index < -0.39 is 28.6 Å². The lowest BCUT2D eigenvalue weighted by molar-refractivity contribution is -0.146. The molecule has 7 heteroatoms. The van der Waals surface area contributed by atoms with Crippen molar-refractivity contribution in [3.05, 3.63) is 0 Å². The summed E-state index contributed by atoms with van der Waals surface area (Å²) in [5.41, 5.74) is -0.111. The van der Waals surface area contributed by atoms with Crippen molar-refractivity contribution in [2.45, 2.75) is 33.3 Å². The van der Waals surface area contributed by atoms with E-state index in [1.807, 2.05) is 20.8 Å². The van der Waals surface area contributed by atoms with Crippen molar-refractivity contribution < 1.29 is 23.4 Å². The van der Waals surface area contributed by atoms with E-state index in [1.54, 1.807) is 0 Å². The fourth-order valence-corrected chi connectivity index (χ4v) is 2.24. The molecule has 0 saturated carbocycles. The highest BCUT2D eigenvalue weighted by molar-refractivity contribution is 7.89. The Balaban J connectivity index is 4.12. The number of carboxylic acid groups (broad SMARTS) is 1. The molecule has 16 heavy (non-hydrogen) atoms. The molecule has 0 bridgehead atoms. The number of hydrogen-bond donors (Lipinski definition) is 3. The van der Waals surface area contributed by atoms with Crippen molar-refractivity contribution in [3.8, 4) is 0 Å². The third-order valence-corrected chi connectivity index (χ3v) is 3.25. The van der Waals surface area contributed by atoms with Gasteiger partial charge in [-0.3, -0.25) is 0 Å². The van der Waals surface area contributed by atoms with Crippen LogP contribution in [-0.2, 0) is 14.8 Å². The van der Waals surface area contributed by atoms with Crippen LogP contribution in [0.15, 0.2) is 0 Å². The Hall–Kier alpha value is -0.660. The molecule has 0 amide bonds. The summed E-state index contributed by atoms with van der Waals surface area (Å²) in [6.45, 7) is 5.24. The maximum absolute atomic E-state index is 11.4. The van der Waals surface area contributed by atoms with Crippen LogP contribution in [-0.4, -0.2) is 43.0 Å². The topological polar surface area (TPSA) is 104 Å². The van der Waals surface area contributed by atoms with E-state index in [0.717, 1.165) is 0 Å². The van der Waals surface area contributed by atoms with E-state index >= 15 is 0 Å². The molecule has 0 aromatic carbocycles. The average Bonchev–Trinajstić information content (AvgIpc) is 2.10. The summed E-state index contributed by atoms with van der Waals surface area (Å²) in [5.74, 6) is -1.53. The first-order valence-electron chi connectivity index (χ1n) is 4.92. The molecule has 96 valence electrons. The largest absolute Gasteiger partial charge is 0.479 e.